The second kappa shape index (κ2) is 19.4. The monoisotopic (exact) mass is 658 g/mol. The van der Waals surface area contributed by atoms with Crippen molar-refractivity contribution in [3.05, 3.63) is 35.4 Å². The van der Waals surface area contributed by atoms with Crippen molar-refractivity contribution >= 4 is 42.0 Å². The number of ether oxygens (including phenoxy) is 2. The maximum atomic E-state index is 13.1. The molecule has 0 saturated carbocycles. The van der Waals surface area contributed by atoms with Crippen LogP contribution in [0.1, 0.15) is 85.6 Å². The van der Waals surface area contributed by atoms with Gasteiger partial charge in [-0.05, 0) is 91.0 Å². The summed E-state index contributed by atoms with van der Waals surface area (Å²) < 4.78 is 10.5. The van der Waals surface area contributed by atoms with E-state index in [-0.39, 0.29) is 49.6 Å². The zero-order chi connectivity index (χ0) is 35.6. The van der Waals surface area contributed by atoms with E-state index >= 15 is 0 Å². The van der Waals surface area contributed by atoms with Crippen LogP contribution >= 0.6 is 0 Å². The van der Waals surface area contributed by atoms with Crippen LogP contribution in [0.2, 0.25) is 0 Å². The van der Waals surface area contributed by atoms with Crippen molar-refractivity contribution < 1.29 is 43.7 Å². The largest absolute Gasteiger partial charge is 0.508 e. The molecule has 0 unspecified atom stereocenters. The summed E-state index contributed by atoms with van der Waals surface area (Å²) in [4.78, 5) is 65.7. The molecular weight excluding hydrogens is 612 g/mol. The number of phenolic OH excluding ortho intramolecular Hbond substituents is 1. The molecule has 1 rings (SSSR count). The van der Waals surface area contributed by atoms with Crippen LogP contribution in [0.25, 0.3) is 6.08 Å². The number of alkyl carbamates (subject to hydrolysis) is 2. The fourth-order valence-corrected chi connectivity index (χ4v) is 3.70. The number of carbonyl (C=O) groups is 5. The first-order chi connectivity index (χ1) is 21.9. The van der Waals surface area contributed by atoms with E-state index in [0.717, 1.165) is 0 Å². The quantitative estimate of drug-likeness (QED) is 0.0558. The van der Waals surface area contributed by atoms with Gasteiger partial charge < -0.3 is 30.3 Å². The molecule has 0 heterocycles. The summed E-state index contributed by atoms with van der Waals surface area (Å²) >= 11 is 0. The minimum absolute atomic E-state index is 0.00970. The number of aromatic hydroxyl groups is 1. The highest BCUT2D eigenvalue weighted by Gasteiger charge is 2.24. The Morgan fingerprint density at radius 3 is 2.00 bits per heavy atom. The van der Waals surface area contributed by atoms with Gasteiger partial charge in [0.05, 0.1) is 0 Å². The lowest BCUT2D eigenvalue weighted by molar-refractivity contribution is -0.137. The van der Waals surface area contributed by atoms with Gasteiger partial charge in [-0.15, -0.1) is 0 Å². The normalized spacial score (nSPS) is 12.1. The summed E-state index contributed by atoms with van der Waals surface area (Å²) in [6.07, 6.45) is 1.38. The Morgan fingerprint density at radius 2 is 1.49 bits per heavy atom. The molecular formula is C32H46N6O9. The number of aliphatic carboxylic acids is 1. The first-order valence-corrected chi connectivity index (χ1v) is 15.1. The van der Waals surface area contributed by atoms with Crippen molar-refractivity contribution in [2.75, 3.05) is 13.1 Å². The van der Waals surface area contributed by atoms with Crippen molar-refractivity contribution in [1.82, 2.24) is 21.3 Å². The van der Waals surface area contributed by atoms with E-state index in [2.05, 4.69) is 26.3 Å². The molecule has 4 amide bonds. The molecule has 15 nitrogen and oxygen atoms in total. The second-order valence-electron chi connectivity index (χ2n) is 12.4. The van der Waals surface area contributed by atoms with Crippen LogP contribution in [-0.2, 0) is 23.9 Å². The van der Waals surface area contributed by atoms with Gasteiger partial charge in [0.1, 0.15) is 34.6 Å². The van der Waals surface area contributed by atoms with Crippen LogP contribution in [0, 0.1) is 11.3 Å². The maximum absolute atomic E-state index is 13.1. The number of unbranched alkanes of at least 4 members (excludes halogenated alkanes) is 2. The number of nitrogens with one attached hydrogen (secondary N) is 4. The van der Waals surface area contributed by atoms with Gasteiger partial charge in [-0.1, -0.05) is 18.6 Å². The van der Waals surface area contributed by atoms with E-state index in [1.165, 1.54) is 30.3 Å². The van der Waals surface area contributed by atoms with E-state index in [1.807, 2.05) is 6.07 Å². The van der Waals surface area contributed by atoms with E-state index in [1.54, 1.807) is 41.5 Å². The average molecular weight is 659 g/mol. The molecule has 6 N–H and O–H groups in total. The van der Waals surface area contributed by atoms with Gasteiger partial charge in [-0.3, -0.25) is 30.0 Å². The molecule has 1 aromatic rings. The average Bonchev–Trinajstić information content (AvgIpc) is 2.93. The maximum Gasteiger partial charge on any atom is 0.414 e. The number of phenols is 1. The van der Waals surface area contributed by atoms with Gasteiger partial charge in [0, 0.05) is 19.5 Å². The van der Waals surface area contributed by atoms with Crippen molar-refractivity contribution in [3.63, 3.8) is 0 Å². The Kier molecular flexibility index (Phi) is 16.5. The molecule has 47 heavy (non-hydrogen) atoms. The molecule has 1 atom stereocenters. The van der Waals surface area contributed by atoms with Gasteiger partial charge in [0.15, 0.2) is 0 Å². The summed E-state index contributed by atoms with van der Waals surface area (Å²) in [5.74, 6) is -2.47. The third-order valence-electron chi connectivity index (χ3n) is 5.72. The molecule has 1 aromatic carbocycles. The van der Waals surface area contributed by atoms with Crippen LogP contribution in [0.15, 0.2) is 34.8 Å². The predicted octanol–water partition coefficient (Wildman–Crippen LogP) is 3.73. The molecule has 0 saturated heterocycles. The molecule has 258 valence electrons. The molecule has 0 spiro atoms. The Balaban J connectivity index is 3.06. The standard InChI is InChI=1S/C32H46N6O9/c1-31(2,3)46-29(44)37-28(38-30(45)47-32(4,5)6)35-18-10-11-24(27(43)34-17-9-7-8-12-25(40)41)36-26(42)22(20-33)19-21-13-15-23(39)16-14-21/h13-16,19,24,39H,7-12,17-18H2,1-6H3,(H,34,43)(H,36,42)(H,40,41)(H2,35,37,38,44,45)/t24-/m0/s1. The minimum Gasteiger partial charge on any atom is -0.508 e. The molecule has 15 heteroatoms. The Morgan fingerprint density at radius 1 is 0.915 bits per heavy atom. The molecule has 0 bridgehead atoms. The third kappa shape index (κ3) is 19.1. The molecule has 0 fully saturated rings. The molecule has 0 radical (unpaired) electrons. The summed E-state index contributed by atoms with van der Waals surface area (Å²) in [7, 11) is 0. The number of carbonyl (C=O) groups excluding carboxylic acids is 4. The molecule has 0 aromatic heterocycles. The highest BCUT2D eigenvalue weighted by molar-refractivity contribution is 6.03. The fraction of sp³-hybridized carbons (Fsp3) is 0.531. The number of carboxylic acids is 1. The van der Waals surface area contributed by atoms with E-state index < -0.39 is 47.2 Å². The van der Waals surface area contributed by atoms with Crippen LogP contribution in [-0.4, -0.2) is 76.5 Å². The summed E-state index contributed by atoms with van der Waals surface area (Å²) in [5.41, 5.74) is -1.44. The summed E-state index contributed by atoms with van der Waals surface area (Å²) in [5, 5.41) is 37.9. The summed E-state index contributed by atoms with van der Waals surface area (Å²) in [6.45, 7) is 10.2. The Bertz CT molecular complexity index is 1300. The number of carboxylic acid groups (broad SMARTS) is 1. The second-order valence-corrected chi connectivity index (χ2v) is 12.4. The van der Waals surface area contributed by atoms with Gasteiger partial charge in [0.2, 0.25) is 11.9 Å². The van der Waals surface area contributed by atoms with Crippen LogP contribution < -0.4 is 21.3 Å². The van der Waals surface area contributed by atoms with Gasteiger partial charge >= 0.3 is 18.2 Å². The molecule has 0 aliphatic rings. The zero-order valence-corrected chi connectivity index (χ0v) is 27.8. The minimum atomic E-state index is -1.09. The molecule has 0 aliphatic carbocycles. The first-order valence-electron chi connectivity index (χ1n) is 15.1. The number of guanidine groups is 1. The number of rotatable bonds is 14. The Hall–Kier alpha value is -5.13. The van der Waals surface area contributed by atoms with Gasteiger partial charge in [0.25, 0.3) is 5.91 Å². The van der Waals surface area contributed by atoms with Crippen LogP contribution in [0.4, 0.5) is 9.59 Å². The van der Waals surface area contributed by atoms with Crippen molar-refractivity contribution in [2.24, 2.45) is 4.99 Å². The lowest BCUT2D eigenvalue weighted by Crippen LogP contribution is -2.48. The van der Waals surface area contributed by atoms with E-state index in [0.29, 0.717) is 24.8 Å². The van der Waals surface area contributed by atoms with Gasteiger partial charge in [-0.2, -0.15) is 5.26 Å². The van der Waals surface area contributed by atoms with Crippen molar-refractivity contribution in [1.29, 1.82) is 5.26 Å². The highest BCUT2D eigenvalue weighted by Crippen LogP contribution is 2.13. The van der Waals surface area contributed by atoms with Crippen molar-refractivity contribution in [2.45, 2.75) is 97.3 Å². The number of aliphatic imine (C=N–C) groups is 1. The number of hydrogen-bond acceptors (Lipinski definition) is 10. The number of nitriles is 1. The predicted molar refractivity (Wildman–Crippen MR) is 173 cm³/mol. The van der Waals surface area contributed by atoms with Crippen LogP contribution in [0.3, 0.4) is 0 Å². The van der Waals surface area contributed by atoms with Gasteiger partial charge in [-0.25, -0.2) is 9.59 Å². The lowest BCUT2D eigenvalue weighted by atomic mass is 10.1. The van der Waals surface area contributed by atoms with Crippen LogP contribution in [0.5, 0.6) is 5.75 Å². The fourth-order valence-electron chi connectivity index (χ4n) is 3.70. The number of benzene rings is 1. The lowest BCUT2D eigenvalue weighted by Gasteiger charge is -2.22. The zero-order valence-electron chi connectivity index (χ0n) is 27.8. The van der Waals surface area contributed by atoms with Crippen molar-refractivity contribution in [3.8, 4) is 11.8 Å². The number of nitrogens with zero attached hydrogens (tertiary/aromatic N) is 2. The van der Waals surface area contributed by atoms with E-state index in [4.69, 9.17) is 14.6 Å². The first kappa shape index (κ1) is 39.9. The Labute approximate surface area is 274 Å². The SMILES string of the molecule is CC(C)(C)OC(=O)NC(=NCCC[C@H](NC(=O)C(C#N)=Cc1ccc(O)cc1)C(=O)NCCCCCC(=O)O)NC(=O)OC(C)(C)C. The smallest absolute Gasteiger partial charge is 0.414 e. The molecule has 0 aliphatic heterocycles. The number of amides is 4. The number of hydrogen-bond donors (Lipinski definition) is 6. The third-order valence-corrected chi connectivity index (χ3v) is 5.72. The highest BCUT2D eigenvalue weighted by atomic mass is 16.6. The summed E-state index contributed by atoms with van der Waals surface area (Å²) in [6, 6.07) is 6.55. The topological polar surface area (TPSA) is 229 Å². The van der Waals surface area contributed by atoms with E-state index in [9.17, 15) is 34.3 Å².